The Morgan fingerprint density at radius 1 is 1.48 bits per heavy atom. The maximum atomic E-state index is 12.2. The summed E-state index contributed by atoms with van der Waals surface area (Å²) in [7, 11) is 1.62. The Labute approximate surface area is 124 Å². The lowest BCUT2D eigenvalue weighted by molar-refractivity contribution is -0.120. The third-order valence-corrected chi connectivity index (χ3v) is 3.18. The number of rotatable bonds is 6. The van der Waals surface area contributed by atoms with Crippen molar-refractivity contribution in [1.82, 2.24) is 5.32 Å². The van der Waals surface area contributed by atoms with E-state index in [4.69, 9.17) is 14.2 Å². The minimum Gasteiger partial charge on any atom is -0.489 e. The molecule has 1 atom stereocenters. The van der Waals surface area contributed by atoms with Crippen LogP contribution in [0.15, 0.2) is 18.2 Å². The highest BCUT2D eigenvalue weighted by molar-refractivity contribution is 5.96. The Morgan fingerprint density at radius 2 is 2.33 bits per heavy atom. The number of hydrogen-bond donors (Lipinski definition) is 2. The molecule has 1 aliphatic rings. The van der Waals surface area contributed by atoms with Crippen LogP contribution in [0.1, 0.15) is 5.56 Å². The molecule has 0 saturated carbocycles. The average molecular weight is 294 g/mol. The van der Waals surface area contributed by atoms with Crippen LogP contribution in [-0.4, -0.2) is 52.0 Å². The van der Waals surface area contributed by atoms with E-state index < -0.39 is 0 Å². The van der Waals surface area contributed by atoms with Crippen molar-refractivity contribution in [3.8, 4) is 5.75 Å². The monoisotopic (exact) mass is 294 g/mol. The van der Waals surface area contributed by atoms with Crippen LogP contribution < -0.4 is 15.4 Å². The summed E-state index contributed by atoms with van der Waals surface area (Å²) in [6, 6.07) is 5.35. The lowest BCUT2D eigenvalue weighted by Crippen LogP contribution is -2.48. The zero-order chi connectivity index (χ0) is 15.1. The molecule has 6 heteroatoms. The number of aryl methyl sites for hydroxylation is 1. The van der Waals surface area contributed by atoms with Gasteiger partial charge >= 0.3 is 0 Å². The summed E-state index contributed by atoms with van der Waals surface area (Å²) in [4.78, 5) is 12.2. The van der Waals surface area contributed by atoms with E-state index in [0.717, 1.165) is 5.56 Å². The molecular formula is C15H22N2O4. The number of morpholine rings is 1. The first kappa shape index (κ1) is 15.8. The molecular weight excluding hydrogens is 272 g/mol. The molecule has 1 heterocycles. The molecule has 0 aromatic heterocycles. The van der Waals surface area contributed by atoms with Gasteiger partial charge in [-0.2, -0.15) is 0 Å². The molecule has 21 heavy (non-hydrogen) atoms. The molecule has 0 bridgehead atoms. The van der Waals surface area contributed by atoms with Crippen LogP contribution in [0.2, 0.25) is 0 Å². The number of carbonyl (C=O) groups is 1. The summed E-state index contributed by atoms with van der Waals surface area (Å²) in [5, 5.41) is 6.01. The quantitative estimate of drug-likeness (QED) is 0.765. The van der Waals surface area contributed by atoms with Gasteiger partial charge in [0, 0.05) is 13.7 Å². The van der Waals surface area contributed by atoms with Gasteiger partial charge in [-0.25, -0.2) is 0 Å². The van der Waals surface area contributed by atoms with Gasteiger partial charge in [0.25, 0.3) is 0 Å². The SMILES string of the molecule is COCCOc1cc(C)ccc1NC(=O)C1COCCN1. The van der Waals surface area contributed by atoms with E-state index in [1.54, 1.807) is 7.11 Å². The van der Waals surface area contributed by atoms with Crippen LogP contribution in [0.4, 0.5) is 5.69 Å². The first-order valence-electron chi connectivity index (χ1n) is 7.05. The molecule has 1 fully saturated rings. The maximum Gasteiger partial charge on any atom is 0.244 e. The first-order valence-corrected chi connectivity index (χ1v) is 7.05. The minimum atomic E-state index is -0.327. The van der Waals surface area contributed by atoms with Crippen molar-refractivity contribution in [1.29, 1.82) is 0 Å². The van der Waals surface area contributed by atoms with Gasteiger partial charge in [-0.05, 0) is 24.6 Å². The van der Waals surface area contributed by atoms with Crippen LogP contribution in [0, 0.1) is 6.92 Å². The molecule has 1 aromatic carbocycles. The largest absolute Gasteiger partial charge is 0.489 e. The molecule has 1 unspecified atom stereocenters. The predicted octanol–water partition coefficient (Wildman–Crippen LogP) is 0.947. The Bertz CT molecular complexity index is 473. The molecule has 0 aliphatic carbocycles. The van der Waals surface area contributed by atoms with E-state index in [0.29, 0.717) is 44.4 Å². The van der Waals surface area contributed by atoms with Crippen molar-refractivity contribution in [2.75, 3.05) is 45.4 Å². The third-order valence-electron chi connectivity index (χ3n) is 3.18. The van der Waals surface area contributed by atoms with Crippen LogP contribution in [0.3, 0.4) is 0 Å². The number of ether oxygens (including phenoxy) is 3. The number of anilines is 1. The van der Waals surface area contributed by atoms with Crippen LogP contribution in [0.5, 0.6) is 5.75 Å². The summed E-state index contributed by atoms with van der Waals surface area (Å²) in [6.45, 7) is 4.62. The number of nitrogens with one attached hydrogen (secondary N) is 2. The standard InChI is InChI=1S/C15H22N2O4/c1-11-3-4-12(14(9-11)21-8-7-19-2)17-15(18)13-10-20-6-5-16-13/h3-4,9,13,16H,5-8,10H2,1-2H3,(H,17,18). The molecule has 2 rings (SSSR count). The predicted molar refractivity (Wildman–Crippen MR) is 79.8 cm³/mol. The smallest absolute Gasteiger partial charge is 0.244 e. The Balaban J connectivity index is 2.01. The van der Waals surface area contributed by atoms with Crippen LogP contribution >= 0.6 is 0 Å². The zero-order valence-corrected chi connectivity index (χ0v) is 12.5. The number of benzene rings is 1. The molecule has 1 saturated heterocycles. The second-order valence-corrected chi connectivity index (χ2v) is 4.91. The van der Waals surface area contributed by atoms with E-state index in [2.05, 4.69) is 10.6 Å². The number of carbonyl (C=O) groups excluding carboxylic acids is 1. The van der Waals surface area contributed by atoms with Crippen LogP contribution in [-0.2, 0) is 14.3 Å². The highest BCUT2D eigenvalue weighted by Gasteiger charge is 2.22. The fourth-order valence-corrected chi connectivity index (χ4v) is 2.04. The van der Waals surface area contributed by atoms with Gasteiger partial charge in [0.05, 0.1) is 25.5 Å². The molecule has 0 radical (unpaired) electrons. The zero-order valence-electron chi connectivity index (χ0n) is 12.5. The molecule has 0 spiro atoms. The topological polar surface area (TPSA) is 68.8 Å². The van der Waals surface area contributed by atoms with E-state index >= 15 is 0 Å². The average Bonchev–Trinajstić information content (AvgIpc) is 2.51. The van der Waals surface area contributed by atoms with Crippen molar-refractivity contribution >= 4 is 11.6 Å². The van der Waals surface area contributed by atoms with Crippen molar-refractivity contribution in [3.05, 3.63) is 23.8 Å². The van der Waals surface area contributed by atoms with Crippen molar-refractivity contribution in [2.24, 2.45) is 0 Å². The fourth-order valence-electron chi connectivity index (χ4n) is 2.04. The Morgan fingerprint density at radius 3 is 3.05 bits per heavy atom. The van der Waals surface area contributed by atoms with Gasteiger partial charge in [0.15, 0.2) is 0 Å². The van der Waals surface area contributed by atoms with E-state index in [1.807, 2.05) is 25.1 Å². The Kier molecular flexibility index (Phi) is 5.98. The summed E-state index contributed by atoms with van der Waals surface area (Å²) < 4.78 is 15.9. The fraction of sp³-hybridized carbons (Fsp3) is 0.533. The molecule has 1 amide bonds. The minimum absolute atomic E-state index is 0.116. The lowest BCUT2D eigenvalue weighted by Gasteiger charge is -2.23. The van der Waals surface area contributed by atoms with Gasteiger partial charge in [-0.15, -0.1) is 0 Å². The second-order valence-electron chi connectivity index (χ2n) is 4.91. The molecule has 1 aliphatic heterocycles. The highest BCUT2D eigenvalue weighted by atomic mass is 16.5. The molecule has 1 aromatic rings. The third kappa shape index (κ3) is 4.70. The second kappa shape index (κ2) is 7.97. The Hall–Kier alpha value is -1.63. The van der Waals surface area contributed by atoms with Crippen molar-refractivity contribution in [2.45, 2.75) is 13.0 Å². The summed E-state index contributed by atoms with van der Waals surface area (Å²) in [5.74, 6) is 0.535. The van der Waals surface area contributed by atoms with E-state index in [-0.39, 0.29) is 11.9 Å². The highest BCUT2D eigenvalue weighted by Crippen LogP contribution is 2.26. The van der Waals surface area contributed by atoms with Gasteiger partial charge in [-0.1, -0.05) is 6.07 Å². The van der Waals surface area contributed by atoms with E-state index in [9.17, 15) is 4.79 Å². The van der Waals surface area contributed by atoms with Crippen molar-refractivity contribution < 1.29 is 19.0 Å². The number of amides is 1. The summed E-state index contributed by atoms with van der Waals surface area (Å²) >= 11 is 0. The van der Waals surface area contributed by atoms with Gasteiger partial charge in [0.2, 0.25) is 5.91 Å². The number of hydrogen-bond acceptors (Lipinski definition) is 5. The first-order chi connectivity index (χ1) is 10.2. The maximum absolute atomic E-state index is 12.2. The number of methoxy groups -OCH3 is 1. The van der Waals surface area contributed by atoms with E-state index in [1.165, 1.54) is 0 Å². The lowest BCUT2D eigenvalue weighted by atomic mass is 10.2. The van der Waals surface area contributed by atoms with Crippen molar-refractivity contribution in [3.63, 3.8) is 0 Å². The summed E-state index contributed by atoms with van der Waals surface area (Å²) in [5.41, 5.74) is 1.73. The normalized spacial score (nSPS) is 18.3. The molecule has 2 N–H and O–H groups in total. The summed E-state index contributed by atoms with van der Waals surface area (Å²) in [6.07, 6.45) is 0. The van der Waals surface area contributed by atoms with Gasteiger partial charge in [0.1, 0.15) is 18.4 Å². The molecule has 116 valence electrons. The van der Waals surface area contributed by atoms with Gasteiger partial charge < -0.3 is 24.8 Å². The van der Waals surface area contributed by atoms with Gasteiger partial charge in [-0.3, -0.25) is 4.79 Å². The van der Waals surface area contributed by atoms with Crippen LogP contribution in [0.25, 0.3) is 0 Å². The molecule has 6 nitrogen and oxygen atoms in total.